The van der Waals surface area contributed by atoms with E-state index in [-0.39, 0.29) is 11.8 Å². The summed E-state index contributed by atoms with van der Waals surface area (Å²) in [5, 5.41) is 6.31. The van der Waals surface area contributed by atoms with Crippen molar-refractivity contribution in [2.24, 2.45) is 5.41 Å². The van der Waals surface area contributed by atoms with Crippen molar-refractivity contribution < 1.29 is 9.59 Å². The molecule has 0 unspecified atom stereocenters. The molecule has 0 saturated heterocycles. The number of nitrogens with one attached hydrogen (secondary N) is 2. The molecule has 2 aromatic rings. The largest absolute Gasteiger partial charge is 0.351 e. The summed E-state index contributed by atoms with van der Waals surface area (Å²) >= 11 is 6.10. The summed E-state index contributed by atoms with van der Waals surface area (Å²) in [5.74, 6) is -0.483. The Hall–Kier alpha value is -2.33. The van der Waals surface area contributed by atoms with E-state index in [2.05, 4.69) is 17.6 Å². The van der Waals surface area contributed by atoms with E-state index in [1.165, 1.54) is 5.56 Å². The number of carbonyl (C=O) groups excluding carboxylic acids is 2. The average Bonchev–Trinajstić information content (AvgIpc) is 3.43. The Morgan fingerprint density at radius 3 is 2.32 bits per heavy atom. The van der Waals surface area contributed by atoms with Crippen molar-refractivity contribution in [1.82, 2.24) is 5.32 Å². The molecule has 3 rings (SSSR count). The van der Waals surface area contributed by atoms with Crippen LogP contribution in [0, 0.1) is 5.41 Å². The highest BCUT2D eigenvalue weighted by Crippen LogP contribution is 2.47. The van der Waals surface area contributed by atoms with Crippen LogP contribution in [0.1, 0.15) is 30.9 Å². The molecule has 1 aliphatic carbocycles. The van der Waals surface area contributed by atoms with Crippen LogP contribution < -0.4 is 10.6 Å². The van der Waals surface area contributed by atoms with E-state index in [1.807, 2.05) is 42.5 Å². The maximum absolute atomic E-state index is 12.6. The van der Waals surface area contributed by atoms with Gasteiger partial charge in [-0.2, -0.15) is 0 Å². The lowest BCUT2D eigenvalue weighted by Gasteiger charge is -2.16. The molecule has 25 heavy (non-hydrogen) atoms. The standard InChI is InChI=1S/C20H21ClN2O2/c1-2-14-7-9-16(10-8-14)23-19(25)20(11-12-20)18(24)22-13-15-5-3-4-6-17(15)21/h3-10H,2,11-13H2,1H3,(H,22,24)(H,23,25). The Bertz CT molecular complexity index is 783. The number of carbonyl (C=O) groups is 2. The van der Waals surface area contributed by atoms with Crippen molar-refractivity contribution in [3.05, 3.63) is 64.7 Å². The zero-order valence-electron chi connectivity index (χ0n) is 14.1. The van der Waals surface area contributed by atoms with Crippen LogP contribution in [0.2, 0.25) is 5.02 Å². The molecule has 0 aromatic heterocycles. The highest BCUT2D eigenvalue weighted by atomic mass is 35.5. The van der Waals surface area contributed by atoms with Gasteiger partial charge in [0.05, 0.1) is 0 Å². The molecule has 1 saturated carbocycles. The van der Waals surface area contributed by atoms with Crippen LogP contribution in [-0.2, 0) is 22.6 Å². The Morgan fingerprint density at radius 1 is 1.04 bits per heavy atom. The van der Waals surface area contributed by atoms with Gasteiger partial charge in [0.1, 0.15) is 5.41 Å². The fourth-order valence-electron chi connectivity index (χ4n) is 2.74. The summed E-state index contributed by atoms with van der Waals surface area (Å²) < 4.78 is 0. The first kappa shape index (κ1) is 17.5. The van der Waals surface area contributed by atoms with Crippen LogP contribution in [0.4, 0.5) is 5.69 Å². The average molecular weight is 357 g/mol. The molecule has 2 aromatic carbocycles. The lowest BCUT2D eigenvalue weighted by molar-refractivity contribution is -0.134. The van der Waals surface area contributed by atoms with E-state index in [0.717, 1.165) is 12.0 Å². The van der Waals surface area contributed by atoms with Crippen LogP contribution in [0.15, 0.2) is 48.5 Å². The predicted octanol–water partition coefficient (Wildman–Crippen LogP) is 3.94. The quantitative estimate of drug-likeness (QED) is 0.770. The lowest BCUT2D eigenvalue weighted by Crippen LogP contribution is -2.39. The lowest BCUT2D eigenvalue weighted by atomic mass is 10.0. The second-order valence-electron chi connectivity index (χ2n) is 6.36. The molecule has 1 fully saturated rings. The molecule has 130 valence electrons. The van der Waals surface area contributed by atoms with Gasteiger partial charge < -0.3 is 10.6 Å². The molecule has 0 heterocycles. The summed E-state index contributed by atoms with van der Waals surface area (Å²) in [4.78, 5) is 25.1. The number of benzene rings is 2. The van der Waals surface area contributed by atoms with Crippen molar-refractivity contribution in [2.75, 3.05) is 5.32 Å². The van der Waals surface area contributed by atoms with E-state index < -0.39 is 5.41 Å². The van der Waals surface area contributed by atoms with Crippen LogP contribution in [0.25, 0.3) is 0 Å². The van der Waals surface area contributed by atoms with Crippen LogP contribution in [0.3, 0.4) is 0 Å². The maximum Gasteiger partial charge on any atom is 0.240 e. The number of halogens is 1. The van der Waals surface area contributed by atoms with Crippen molar-refractivity contribution in [2.45, 2.75) is 32.7 Å². The molecular formula is C20H21ClN2O2. The van der Waals surface area contributed by atoms with E-state index >= 15 is 0 Å². The highest BCUT2D eigenvalue weighted by molar-refractivity contribution is 6.31. The summed E-state index contributed by atoms with van der Waals surface area (Å²) in [6.07, 6.45) is 2.09. The van der Waals surface area contributed by atoms with Crippen molar-refractivity contribution in [3.63, 3.8) is 0 Å². The fraction of sp³-hybridized carbons (Fsp3) is 0.300. The topological polar surface area (TPSA) is 58.2 Å². The molecular weight excluding hydrogens is 336 g/mol. The SMILES string of the molecule is CCc1ccc(NC(=O)C2(C(=O)NCc3ccccc3Cl)CC2)cc1. The Morgan fingerprint density at radius 2 is 1.72 bits per heavy atom. The van der Waals surface area contributed by atoms with Gasteiger partial charge in [-0.3, -0.25) is 9.59 Å². The van der Waals surface area contributed by atoms with E-state index in [0.29, 0.717) is 30.1 Å². The van der Waals surface area contributed by atoms with Crippen molar-refractivity contribution in [1.29, 1.82) is 0 Å². The van der Waals surface area contributed by atoms with Gasteiger partial charge >= 0.3 is 0 Å². The van der Waals surface area contributed by atoms with Crippen LogP contribution in [-0.4, -0.2) is 11.8 Å². The number of rotatable bonds is 6. The number of hydrogen-bond acceptors (Lipinski definition) is 2. The van der Waals surface area contributed by atoms with E-state index in [4.69, 9.17) is 11.6 Å². The minimum absolute atomic E-state index is 0.241. The first-order valence-corrected chi connectivity index (χ1v) is 8.85. The fourth-order valence-corrected chi connectivity index (χ4v) is 2.95. The van der Waals surface area contributed by atoms with Gasteiger partial charge in [0.25, 0.3) is 0 Å². The third kappa shape index (κ3) is 3.85. The maximum atomic E-state index is 12.6. The molecule has 0 spiro atoms. The molecule has 0 aliphatic heterocycles. The molecule has 2 N–H and O–H groups in total. The Labute approximate surface area is 152 Å². The van der Waals surface area contributed by atoms with Gasteiger partial charge in [0.15, 0.2) is 0 Å². The third-order valence-electron chi connectivity index (χ3n) is 4.64. The number of hydrogen-bond donors (Lipinski definition) is 2. The van der Waals surface area contributed by atoms with Gasteiger partial charge in [0, 0.05) is 17.3 Å². The highest BCUT2D eigenvalue weighted by Gasteiger charge is 2.56. The molecule has 4 nitrogen and oxygen atoms in total. The molecule has 5 heteroatoms. The third-order valence-corrected chi connectivity index (χ3v) is 5.01. The van der Waals surface area contributed by atoms with Gasteiger partial charge in [-0.1, -0.05) is 48.9 Å². The molecule has 1 aliphatic rings. The van der Waals surface area contributed by atoms with Gasteiger partial charge in [0.2, 0.25) is 11.8 Å². The zero-order valence-corrected chi connectivity index (χ0v) is 14.9. The van der Waals surface area contributed by atoms with Crippen LogP contribution >= 0.6 is 11.6 Å². The Balaban J connectivity index is 1.61. The van der Waals surface area contributed by atoms with Gasteiger partial charge in [-0.25, -0.2) is 0 Å². The number of amides is 2. The Kier molecular flexibility index (Phi) is 5.09. The summed E-state index contributed by atoms with van der Waals surface area (Å²) in [7, 11) is 0. The van der Waals surface area contributed by atoms with E-state index in [1.54, 1.807) is 6.07 Å². The summed E-state index contributed by atoms with van der Waals surface area (Å²) in [5.41, 5.74) is 1.80. The second-order valence-corrected chi connectivity index (χ2v) is 6.77. The normalized spacial score (nSPS) is 14.6. The minimum atomic E-state index is -0.954. The zero-order chi connectivity index (χ0) is 17.9. The predicted molar refractivity (Wildman–Crippen MR) is 99.4 cm³/mol. The number of anilines is 1. The summed E-state index contributed by atoms with van der Waals surface area (Å²) in [6.45, 7) is 2.40. The van der Waals surface area contributed by atoms with Crippen molar-refractivity contribution in [3.8, 4) is 0 Å². The second kappa shape index (κ2) is 7.28. The molecule has 0 atom stereocenters. The van der Waals surface area contributed by atoms with Gasteiger partial charge in [-0.15, -0.1) is 0 Å². The van der Waals surface area contributed by atoms with Gasteiger partial charge in [-0.05, 0) is 48.6 Å². The minimum Gasteiger partial charge on any atom is -0.351 e. The number of aryl methyl sites for hydroxylation is 1. The van der Waals surface area contributed by atoms with Crippen molar-refractivity contribution >= 4 is 29.1 Å². The molecule has 0 radical (unpaired) electrons. The first-order valence-electron chi connectivity index (χ1n) is 8.47. The monoisotopic (exact) mass is 356 g/mol. The smallest absolute Gasteiger partial charge is 0.240 e. The summed E-state index contributed by atoms with van der Waals surface area (Å²) in [6, 6.07) is 15.0. The van der Waals surface area contributed by atoms with E-state index in [9.17, 15) is 9.59 Å². The molecule has 0 bridgehead atoms. The molecule has 2 amide bonds. The first-order chi connectivity index (χ1) is 12.0. The van der Waals surface area contributed by atoms with Crippen LogP contribution in [0.5, 0.6) is 0 Å².